The Morgan fingerprint density at radius 3 is 2.53 bits per heavy atom. The number of carbonyl (C=O) groups is 2. The number of nitrogen functional groups attached to an aromatic ring is 1. The predicted molar refractivity (Wildman–Crippen MR) is 127 cm³/mol. The third kappa shape index (κ3) is 6.21. The summed E-state index contributed by atoms with van der Waals surface area (Å²) in [6, 6.07) is 2.43. The van der Waals surface area contributed by atoms with Gasteiger partial charge in [-0.2, -0.15) is 0 Å². The van der Waals surface area contributed by atoms with Gasteiger partial charge >= 0.3 is 0 Å². The molecular formula is C25H41N5O2. The van der Waals surface area contributed by atoms with Gasteiger partial charge in [-0.05, 0) is 55.1 Å². The number of nitrogens with zero attached hydrogens (tertiary/aromatic N) is 1. The van der Waals surface area contributed by atoms with Crippen LogP contribution in [0.5, 0.6) is 0 Å². The SMILES string of the molecule is Cc1nc(N)ccc1CNC(=O)[C@H](CC1CCCC2CCCCC21)NC(=O)C(N)C(C)C. The number of nitrogens with one attached hydrogen (secondary N) is 2. The van der Waals surface area contributed by atoms with Gasteiger partial charge in [-0.3, -0.25) is 9.59 Å². The average molecular weight is 444 g/mol. The van der Waals surface area contributed by atoms with E-state index in [0.717, 1.165) is 23.6 Å². The summed E-state index contributed by atoms with van der Waals surface area (Å²) in [5.41, 5.74) is 13.5. The lowest BCUT2D eigenvalue weighted by Crippen LogP contribution is -2.54. The number of aryl methyl sites for hydroxylation is 1. The summed E-state index contributed by atoms with van der Waals surface area (Å²) in [6.07, 6.45) is 9.52. The van der Waals surface area contributed by atoms with E-state index in [-0.39, 0.29) is 17.7 Å². The number of nitrogens with two attached hydrogens (primary N) is 2. The number of fused-ring (bicyclic) bond motifs is 1. The number of carbonyl (C=O) groups excluding carboxylic acids is 2. The van der Waals surface area contributed by atoms with Gasteiger partial charge in [0.2, 0.25) is 11.8 Å². The first kappa shape index (κ1) is 24.5. The van der Waals surface area contributed by atoms with Crippen LogP contribution >= 0.6 is 0 Å². The quantitative estimate of drug-likeness (QED) is 0.492. The molecule has 0 spiro atoms. The molecule has 1 aromatic heterocycles. The standard InChI is InChI=1S/C25H41N5O2/c1-15(2)23(27)25(32)30-21(13-18-9-6-8-17-7-4-5-10-20(17)18)24(31)28-14-19-11-12-22(26)29-16(19)3/h11-12,15,17-18,20-21,23H,4-10,13-14,27H2,1-3H3,(H2,26,29)(H,28,31)(H,30,32)/t17?,18?,20?,21-,23?/m0/s1. The first-order chi connectivity index (χ1) is 15.3. The lowest BCUT2D eigenvalue weighted by atomic mass is 9.64. The van der Waals surface area contributed by atoms with Gasteiger partial charge in [0.05, 0.1) is 6.04 Å². The van der Waals surface area contributed by atoms with E-state index in [0.29, 0.717) is 30.6 Å². The highest BCUT2D eigenvalue weighted by Gasteiger charge is 2.37. The highest BCUT2D eigenvalue weighted by Crippen LogP contribution is 2.45. The minimum atomic E-state index is -0.623. The summed E-state index contributed by atoms with van der Waals surface area (Å²) in [4.78, 5) is 30.3. The van der Waals surface area contributed by atoms with Crippen molar-refractivity contribution in [3.8, 4) is 0 Å². The lowest BCUT2D eigenvalue weighted by molar-refractivity contribution is -0.131. The van der Waals surface area contributed by atoms with E-state index in [1.54, 1.807) is 6.07 Å². The molecule has 7 nitrogen and oxygen atoms in total. The Balaban J connectivity index is 1.70. The zero-order valence-corrected chi connectivity index (χ0v) is 19.9. The molecule has 3 rings (SSSR count). The molecule has 178 valence electrons. The molecule has 2 aliphatic carbocycles. The maximum absolute atomic E-state index is 13.2. The molecule has 32 heavy (non-hydrogen) atoms. The number of anilines is 1. The minimum Gasteiger partial charge on any atom is -0.384 e. The number of hydrogen-bond acceptors (Lipinski definition) is 5. The van der Waals surface area contributed by atoms with Gasteiger partial charge in [-0.1, -0.05) is 58.4 Å². The molecule has 1 aromatic rings. The van der Waals surface area contributed by atoms with Crippen LogP contribution in [-0.2, 0) is 16.1 Å². The zero-order chi connectivity index (χ0) is 23.3. The van der Waals surface area contributed by atoms with Gasteiger partial charge in [0.15, 0.2) is 0 Å². The van der Waals surface area contributed by atoms with Crippen LogP contribution in [-0.4, -0.2) is 28.9 Å². The Morgan fingerprint density at radius 1 is 1.09 bits per heavy atom. The van der Waals surface area contributed by atoms with Crippen molar-refractivity contribution in [2.24, 2.45) is 29.4 Å². The summed E-state index contributed by atoms with van der Waals surface area (Å²) in [6.45, 7) is 6.08. The maximum atomic E-state index is 13.2. The molecule has 0 bridgehead atoms. The Kier molecular flexibility index (Phi) is 8.51. The normalized spacial score (nSPS) is 25.0. The van der Waals surface area contributed by atoms with E-state index < -0.39 is 12.1 Å². The third-order valence-corrected chi connectivity index (χ3v) is 7.59. The fraction of sp³-hybridized carbons (Fsp3) is 0.720. The Morgan fingerprint density at radius 2 is 1.81 bits per heavy atom. The van der Waals surface area contributed by atoms with Gasteiger partial charge in [0.25, 0.3) is 0 Å². The van der Waals surface area contributed by atoms with Gasteiger partial charge in [0.1, 0.15) is 11.9 Å². The number of hydrogen-bond donors (Lipinski definition) is 4. The van der Waals surface area contributed by atoms with Gasteiger partial charge in [0, 0.05) is 12.2 Å². The highest BCUT2D eigenvalue weighted by atomic mass is 16.2. The van der Waals surface area contributed by atoms with Crippen LogP contribution in [0.2, 0.25) is 0 Å². The van der Waals surface area contributed by atoms with Gasteiger partial charge in [-0.25, -0.2) is 4.98 Å². The predicted octanol–water partition coefficient (Wildman–Crippen LogP) is 3.05. The zero-order valence-electron chi connectivity index (χ0n) is 19.9. The molecule has 2 aliphatic rings. The maximum Gasteiger partial charge on any atom is 0.242 e. The highest BCUT2D eigenvalue weighted by molar-refractivity contribution is 5.89. The summed E-state index contributed by atoms with van der Waals surface area (Å²) < 4.78 is 0. The van der Waals surface area contributed by atoms with E-state index in [2.05, 4.69) is 15.6 Å². The van der Waals surface area contributed by atoms with E-state index in [1.807, 2.05) is 26.8 Å². The van der Waals surface area contributed by atoms with Crippen molar-refractivity contribution in [1.82, 2.24) is 15.6 Å². The van der Waals surface area contributed by atoms with Crippen molar-refractivity contribution in [3.05, 3.63) is 23.4 Å². The lowest BCUT2D eigenvalue weighted by Gasteiger charge is -2.42. The minimum absolute atomic E-state index is 0.0135. The second-order valence-corrected chi connectivity index (χ2v) is 10.2. The molecule has 1 heterocycles. The van der Waals surface area contributed by atoms with Crippen molar-refractivity contribution < 1.29 is 9.59 Å². The third-order valence-electron chi connectivity index (χ3n) is 7.59. The number of rotatable bonds is 8. The van der Waals surface area contributed by atoms with Crippen LogP contribution in [0.25, 0.3) is 0 Å². The largest absolute Gasteiger partial charge is 0.384 e. The molecular weight excluding hydrogens is 402 g/mol. The molecule has 0 aliphatic heterocycles. The van der Waals surface area contributed by atoms with E-state index in [4.69, 9.17) is 11.5 Å². The van der Waals surface area contributed by atoms with E-state index in [1.165, 1.54) is 38.5 Å². The smallest absolute Gasteiger partial charge is 0.242 e. The molecule has 6 N–H and O–H groups in total. The summed E-state index contributed by atoms with van der Waals surface area (Å²) in [5.74, 6) is 2.00. The van der Waals surface area contributed by atoms with E-state index in [9.17, 15) is 9.59 Å². The van der Waals surface area contributed by atoms with Gasteiger partial charge in [-0.15, -0.1) is 0 Å². The van der Waals surface area contributed by atoms with E-state index >= 15 is 0 Å². The topological polar surface area (TPSA) is 123 Å². The van der Waals surface area contributed by atoms with Crippen LogP contribution in [0.4, 0.5) is 5.82 Å². The molecule has 4 unspecified atom stereocenters. The first-order valence-corrected chi connectivity index (χ1v) is 12.3. The molecule has 7 heteroatoms. The van der Waals surface area contributed by atoms with Crippen LogP contribution in [0.3, 0.4) is 0 Å². The van der Waals surface area contributed by atoms with Crippen LogP contribution in [0.1, 0.15) is 76.5 Å². The second kappa shape index (κ2) is 11.1. The van der Waals surface area contributed by atoms with Crippen molar-refractivity contribution in [3.63, 3.8) is 0 Å². The molecule has 5 atom stereocenters. The fourth-order valence-electron chi connectivity index (χ4n) is 5.57. The van der Waals surface area contributed by atoms with Crippen molar-refractivity contribution in [2.45, 2.75) is 90.8 Å². The fourth-order valence-corrected chi connectivity index (χ4v) is 5.57. The number of aromatic nitrogens is 1. The molecule has 2 saturated carbocycles. The number of pyridine rings is 1. The molecule has 0 aromatic carbocycles. The molecule has 2 fully saturated rings. The molecule has 0 radical (unpaired) electrons. The second-order valence-electron chi connectivity index (χ2n) is 10.2. The first-order valence-electron chi connectivity index (χ1n) is 12.3. The van der Waals surface area contributed by atoms with Gasteiger partial charge < -0.3 is 22.1 Å². The molecule has 2 amide bonds. The Bertz CT molecular complexity index is 795. The van der Waals surface area contributed by atoms with Crippen molar-refractivity contribution in [2.75, 3.05) is 5.73 Å². The molecule has 0 saturated heterocycles. The Labute approximate surface area is 192 Å². The van der Waals surface area contributed by atoms with Crippen molar-refractivity contribution >= 4 is 17.6 Å². The summed E-state index contributed by atoms with van der Waals surface area (Å²) in [5, 5.41) is 6.01. The van der Waals surface area contributed by atoms with Crippen LogP contribution in [0, 0.1) is 30.6 Å². The number of amides is 2. The summed E-state index contributed by atoms with van der Waals surface area (Å²) in [7, 11) is 0. The van der Waals surface area contributed by atoms with Crippen molar-refractivity contribution in [1.29, 1.82) is 0 Å². The monoisotopic (exact) mass is 443 g/mol. The summed E-state index contributed by atoms with van der Waals surface area (Å²) >= 11 is 0. The van der Waals surface area contributed by atoms with Crippen LogP contribution < -0.4 is 22.1 Å². The van der Waals surface area contributed by atoms with Crippen LogP contribution in [0.15, 0.2) is 12.1 Å². The Hall–Kier alpha value is -2.15. The average Bonchev–Trinajstić information content (AvgIpc) is 2.77.